The number of hydrogen-bond donors (Lipinski definition) is 0. The third-order valence-corrected chi connectivity index (χ3v) is 19.5. The Kier molecular flexibility index (Phi) is 13.1. The van der Waals surface area contributed by atoms with E-state index in [4.69, 9.17) is 13.3 Å². The lowest BCUT2D eigenvalue weighted by Gasteiger charge is -2.33. The van der Waals surface area contributed by atoms with Crippen LogP contribution in [0.2, 0.25) is 5.54 Å². The molecular weight excluding hydrogens is 507 g/mol. The minimum absolute atomic E-state index is 0.264. The van der Waals surface area contributed by atoms with Crippen molar-refractivity contribution in [2.75, 3.05) is 25.6 Å². The lowest BCUT2D eigenvalue weighted by Crippen LogP contribution is -2.50. The van der Waals surface area contributed by atoms with Gasteiger partial charge >= 0.3 is 8.80 Å². The average Bonchev–Trinajstić information content (AvgIpc) is 3.10. The van der Waals surface area contributed by atoms with Gasteiger partial charge < -0.3 is 13.3 Å². The second kappa shape index (κ2) is 14.4. The molecule has 0 bridgehead atoms. The zero-order chi connectivity index (χ0) is 20.2. The first kappa shape index (κ1) is 25.6. The third kappa shape index (κ3) is 8.10. The van der Waals surface area contributed by atoms with Gasteiger partial charge in [0.25, 0.3) is 0 Å². The van der Waals surface area contributed by atoms with E-state index >= 15 is 0 Å². The van der Waals surface area contributed by atoms with Crippen molar-refractivity contribution in [2.45, 2.75) is 37.6 Å². The minimum Gasteiger partial charge on any atom is -0.374 e. The molecule has 1 unspecified atom stereocenters. The molecule has 0 amide bonds. The summed E-state index contributed by atoms with van der Waals surface area (Å²) in [5, 5.41) is 0. The van der Waals surface area contributed by atoms with E-state index in [0.717, 1.165) is 15.6 Å². The minimum atomic E-state index is -2.60. The Hall–Kier alpha value is 1.31. The maximum absolute atomic E-state index is 5.99. The highest BCUT2D eigenvalue weighted by Crippen LogP contribution is 2.55. The van der Waals surface area contributed by atoms with Crippen LogP contribution in [0.25, 0.3) is 10.2 Å². The van der Waals surface area contributed by atoms with Gasteiger partial charge in [-0.05, 0) is 83.0 Å². The molecule has 2 aromatic rings. The van der Waals surface area contributed by atoms with Crippen LogP contribution in [0.3, 0.4) is 0 Å². The van der Waals surface area contributed by atoms with E-state index in [9.17, 15) is 0 Å². The van der Waals surface area contributed by atoms with Crippen LogP contribution in [0.5, 0.6) is 0 Å². The maximum atomic E-state index is 5.99. The normalized spacial score (nSPS) is 13.3. The van der Waals surface area contributed by atoms with Crippen molar-refractivity contribution in [1.29, 1.82) is 0 Å². The lowest BCUT2D eigenvalue weighted by atomic mass is 10.3. The van der Waals surface area contributed by atoms with Gasteiger partial charge in [-0.25, -0.2) is 4.98 Å². The molecule has 0 fully saturated rings. The van der Waals surface area contributed by atoms with Crippen LogP contribution >= 0.6 is 72.2 Å². The molecule has 2 rings (SSSR count). The van der Waals surface area contributed by atoms with Crippen LogP contribution in [-0.4, -0.2) is 39.4 Å². The van der Waals surface area contributed by atoms with Gasteiger partial charge in [0.1, 0.15) is 0 Å². The summed E-state index contributed by atoms with van der Waals surface area (Å²) in [5.74, 6) is 0.945. The number of thiazole rings is 1. The van der Waals surface area contributed by atoms with Crippen molar-refractivity contribution in [3.8, 4) is 0 Å². The third-order valence-electron chi connectivity index (χ3n) is 3.47. The molecule has 0 aliphatic rings. The number of fused-ring (bicyclic) bond motifs is 1. The van der Waals surface area contributed by atoms with Gasteiger partial charge in [0.15, 0.2) is 4.34 Å². The molecule has 1 aromatic carbocycles. The average molecular weight is 532 g/mol. The quantitative estimate of drug-likeness (QED) is 0.128. The molecule has 1 aromatic heterocycles. The predicted molar refractivity (Wildman–Crippen MR) is 138 cm³/mol. The van der Waals surface area contributed by atoms with Gasteiger partial charge in [-0.15, -0.1) is 11.3 Å². The fourth-order valence-electron chi connectivity index (χ4n) is 2.36. The molecule has 28 heavy (non-hydrogen) atoms. The number of para-hydroxylation sites is 1. The van der Waals surface area contributed by atoms with Gasteiger partial charge in [-0.2, -0.15) is 0 Å². The molecular formula is C16H25NO3S7Si. The summed E-state index contributed by atoms with van der Waals surface area (Å²) in [6, 6.07) is 8.27. The smallest absolute Gasteiger partial charge is 0.374 e. The van der Waals surface area contributed by atoms with Gasteiger partial charge in [-0.3, -0.25) is 0 Å². The van der Waals surface area contributed by atoms with Crippen molar-refractivity contribution in [3.05, 3.63) is 24.3 Å². The Morgan fingerprint density at radius 3 is 2.25 bits per heavy atom. The van der Waals surface area contributed by atoms with Crippen LogP contribution in [0.1, 0.15) is 27.7 Å². The molecule has 0 aliphatic heterocycles. The Morgan fingerprint density at radius 1 is 0.964 bits per heavy atom. The van der Waals surface area contributed by atoms with E-state index in [1.54, 1.807) is 61.4 Å². The van der Waals surface area contributed by atoms with Crippen LogP contribution in [0.15, 0.2) is 28.6 Å². The van der Waals surface area contributed by atoms with E-state index < -0.39 is 8.80 Å². The summed E-state index contributed by atoms with van der Waals surface area (Å²) in [7, 11) is 8.06. The molecule has 0 saturated carbocycles. The fourth-order valence-corrected chi connectivity index (χ4v) is 19.0. The highest BCUT2D eigenvalue weighted by molar-refractivity contribution is 9.41. The van der Waals surface area contributed by atoms with Crippen molar-refractivity contribution in [3.63, 3.8) is 0 Å². The van der Waals surface area contributed by atoms with Gasteiger partial charge in [0.05, 0.1) is 10.2 Å². The maximum Gasteiger partial charge on any atom is 0.504 e. The molecule has 0 saturated heterocycles. The molecule has 12 heteroatoms. The van der Waals surface area contributed by atoms with Crippen molar-refractivity contribution in [1.82, 2.24) is 4.98 Å². The number of hydrogen-bond acceptors (Lipinski definition) is 11. The van der Waals surface area contributed by atoms with Crippen LogP contribution in [0, 0.1) is 0 Å². The topological polar surface area (TPSA) is 40.6 Å². The Balaban J connectivity index is 1.65. The summed E-state index contributed by atoms with van der Waals surface area (Å²) in [6.07, 6.45) is 0. The Morgan fingerprint density at radius 2 is 1.61 bits per heavy atom. The molecule has 1 heterocycles. The van der Waals surface area contributed by atoms with Gasteiger partial charge in [0.2, 0.25) is 0 Å². The molecule has 158 valence electrons. The largest absolute Gasteiger partial charge is 0.504 e. The molecule has 0 N–H and O–H groups in total. The fraction of sp³-hybridized carbons (Fsp3) is 0.562. The van der Waals surface area contributed by atoms with Crippen molar-refractivity contribution < 1.29 is 13.3 Å². The number of benzene rings is 1. The van der Waals surface area contributed by atoms with Crippen LogP contribution < -0.4 is 0 Å². The van der Waals surface area contributed by atoms with E-state index in [2.05, 4.69) is 30.1 Å². The molecule has 0 spiro atoms. The Bertz CT molecular complexity index is 643. The van der Waals surface area contributed by atoms with Crippen LogP contribution in [-0.2, 0) is 13.3 Å². The lowest BCUT2D eigenvalue weighted by molar-refractivity contribution is 0.0646. The summed E-state index contributed by atoms with van der Waals surface area (Å²) in [6.45, 7) is 10.1. The predicted octanol–water partition coefficient (Wildman–Crippen LogP) is 8.07. The number of rotatable bonds is 15. The zero-order valence-corrected chi connectivity index (χ0v) is 23.0. The van der Waals surface area contributed by atoms with Crippen molar-refractivity contribution >= 4 is 91.2 Å². The standard InChI is InChI=1S/C16H25NO3S7Si/c1-5-18-28(19-6-2,20-7-3)13(4)12-21-24-26-27-25-23-16-17-14-10-8-9-11-15(14)22-16/h8-11,13H,5-7,12H2,1-4H3. The summed E-state index contributed by atoms with van der Waals surface area (Å²) < 4.78 is 20.3. The highest BCUT2D eigenvalue weighted by atomic mass is 33.9. The SMILES string of the molecule is CCO[Si](OCC)(OCC)C(C)CSSSSSSc1nc2ccccc2s1. The Labute approximate surface area is 195 Å². The van der Waals surface area contributed by atoms with E-state index in [0.29, 0.717) is 19.8 Å². The molecule has 0 aliphatic carbocycles. The van der Waals surface area contributed by atoms with E-state index in [1.165, 1.54) is 4.70 Å². The van der Waals surface area contributed by atoms with Crippen molar-refractivity contribution in [2.24, 2.45) is 0 Å². The first-order chi connectivity index (χ1) is 13.6. The van der Waals surface area contributed by atoms with Gasteiger partial charge in [0, 0.05) is 31.1 Å². The van der Waals surface area contributed by atoms with E-state index in [-0.39, 0.29) is 5.54 Å². The van der Waals surface area contributed by atoms with Gasteiger partial charge in [-0.1, -0.05) is 29.9 Å². The second-order valence-corrected chi connectivity index (χ2v) is 19.1. The monoisotopic (exact) mass is 531 g/mol. The highest BCUT2D eigenvalue weighted by Gasteiger charge is 2.46. The molecule has 4 nitrogen and oxygen atoms in total. The second-order valence-electron chi connectivity index (χ2n) is 5.39. The van der Waals surface area contributed by atoms with Crippen LogP contribution in [0.4, 0.5) is 0 Å². The first-order valence-corrected chi connectivity index (χ1v) is 19.2. The molecule has 1 atom stereocenters. The number of nitrogens with zero attached hydrogens (tertiary/aromatic N) is 1. The molecule has 0 radical (unpaired) electrons. The number of aromatic nitrogens is 1. The summed E-state index contributed by atoms with van der Waals surface area (Å²) in [5.41, 5.74) is 1.35. The van der Waals surface area contributed by atoms with E-state index in [1.807, 2.05) is 37.6 Å². The zero-order valence-electron chi connectivity index (χ0n) is 16.2. The summed E-state index contributed by atoms with van der Waals surface area (Å²) in [4.78, 5) is 4.64. The summed E-state index contributed by atoms with van der Waals surface area (Å²) >= 11 is 1.75. The first-order valence-electron chi connectivity index (χ1n) is 8.88.